The minimum absolute atomic E-state index is 0.0428. The van der Waals surface area contributed by atoms with E-state index in [4.69, 9.17) is 9.72 Å². The molecule has 174 valence electrons. The Hall–Kier alpha value is -3.65. The minimum atomic E-state index is -0.221. The van der Waals surface area contributed by atoms with Crippen LogP contribution >= 0.6 is 11.3 Å². The van der Waals surface area contributed by atoms with Crippen molar-refractivity contribution in [2.24, 2.45) is 5.92 Å². The first kappa shape index (κ1) is 22.2. The molecule has 3 heterocycles. The first-order chi connectivity index (χ1) is 16.5. The Labute approximate surface area is 201 Å². The second-order valence-corrected chi connectivity index (χ2v) is 9.45. The number of nitrogens with one attached hydrogen (secondary N) is 1. The standard InChI is InChI=1S/C26H26N4O3S/c1-17-8-10-20(11-9-17)30-25(32)23-22(12-14-34-23)28-26(30)29-13-4-5-18(16-29)24(31)27-19-6-3-7-21(15-19)33-2/h3,6-12,14-15,18H,4-5,13,16H2,1-2H3,(H,27,31)/t18-/m0/s1. The van der Waals surface area contributed by atoms with Gasteiger partial charge in [-0.05, 0) is 55.5 Å². The summed E-state index contributed by atoms with van der Waals surface area (Å²) in [4.78, 5) is 33.5. The molecule has 1 saturated heterocycles. The minimum Gasteiger partial charge on any atom is -0.497 e. The number of ether oxygens (including phenoxy) is 1. The molecule has 7 nitrogen and oxygen atoms in total. The van der Waals surface area contributed by atoms with E-state index in [-0.39, 0.29) is 17.4 Å². The average molecular weight is 475 g/mol. The zero-order chi connectivity index (χ0) is 23.7. The molecular formula is C26H26N4O3S. The van der Waals surface area contributed by atoms with Crippen LogP contribution in [0.5, 0.6) is 5.75 Å². The van der Waals surface area contributed by atoms with Crippen molar-refractivity contribution in [1.29, 1.82) is 0 Å². The largest absolute Gasteiger partial charge is 0.497 e. The SMILES string of the molecule is COc1cccc(NC(=O)[C@H]2CCCN(c3nc4ccsc4c(=O)n3-c3ccc(C)cc3)C2)c1. The molecule has 4 aromatic rings. The van der Waals surface area contributed by atoms with Gasteiger partial charge in [0.05, 0.1) is 24.2 Å². The summed E-state index contributed by atoms with van der Waals surface area (Å²) in [5.41, 5.74) is 3.21. The maximum Gasteiger partial charge on any atom is 0.277 e. The summed E-state index contributed by atoms with van der Waals surface area (Å²) in [6.45, 7) is 3.24. The number of thiophene rings is 1. The van der Waals surface area contributed by atoms with Gasteiger partial charge in [0.15, 0.2) is 0 Å². The van der Waals surface area contributed by atoms with E-state index < -0.39 is 0 Å². The van der Waals surface area contributed by atoms with Crippen molar-refractivity contribution < 1.29 is 9.53 Å². The van der Waals surface area contributed by atoms with E-state index in [1.165, 1.54) is 11.3 Å². The molecule has 1 atom stereocenters. The molecule has 1 fully saturated rings. The molecule has 1 aliphatic heterocycles. The molecule has 0 unspecified atom stereocenters. The highest BCUT2D eigenvalue weighted by Gasteiger charge is 2.29. The predicted octanol–water partition coefficient (Wildman–Crippen LogP) is 4.62. The van der Waals surface area contributed by atoms with Gasteiger partial charge in [-0.1, -0.05) is 23.8 Å². The lowest BCUT2D eigenvalue weighted by Gasteiger charge is -2.34. The summed E-state index contributed by atoms with van der Waals surface area (Å²) >= 11 is 1.40. The number of nitrogens with zero attached hydrogens (tertiary/aromatic N) is 3. The number of hydrogen-bond donors (Lipinski definition) is 1. The van der Waals surface area contributed by atoms with Crippen molar-refractivity contribution in [1.82, 2.24) is 9.55 Å². The van der Waals surface area contributed by atoms with E-state index in [0.29, 0.717) is 34.1 Å². The van der Waals surface area contributed by atoms with Crippen LogP contribution in [0.25, 0.3) is 15.9 Å². The Balaban J connectivity index is 1.47. The lowest BCUT2D eigenvalue weighted by molar-refractivity contribution is -0.120. The number of amides is 1. The van der Waals surface area contributed by atoms with Crippen LogP contribution in [0.4, 0.5) is 11.6 Å². The number of carbonyl (C=O) groups is 1. The third-order valence-corrected chi connectivity index (χ3v) is 7.06. The Kier molecular flexibility index (Phi) is 6.06. The first-order valence-electron chi connectivity index (χ1n) is 11.3. The molecule has 0 bridgehead atoms. The second kappa shape index (κ2) is 9.30. The molecule has 8 heteroatoms. The molecule has 0 aliphatic carbocycles. The van der Waals surface area contributed by atoms with Gasteiger partial charge in [0, 0.05) is 24.8 Å². The molecule has 1 amide bonds. The monoisotopic (exact) mass is 474 g/mol. The van der Waals surface area contributed by atoms with Crippen LogP contribution in [-0.2, 0) is 4.79 Å². The highest BCUT2D eigenvalue weighted by Crippen LogP contribution is 2.27. The van der Waals surface area contributed by atoms with Gasteiger partial charge in [-0.3, -0.25) is 9.59 Å². The summed E-state index contributed by atoms with van der Waals surface area (Å²) in [6, 6.07) is 17.1. The van der Waals surface area contributed by atoms with Crippen LogP contribution in [0.2, 0.25) is 0 Å². The molecule has 0 spiro atoms. The second-order valence-electron chi connectivity index (χ2n) is 8.53. The van der Waals surface area contributed by atoms with Crippen molar-refractivity contribution in [2.75, 3.05) is 30.4 Å². The molecule has 1 N–H and O–H groups in total. The quantitative estimate of drug-likeness (QED) is 0.457. The number of aryl methyl sites for hydroxylation is 1. The summed E-state index contributed by atoms with van der Waals surface area (Å²) < 4.78 is 7.57. The van der Waals surface area contributed by atoms with Crippen molar-refractivity contribution in [3.63, 3.8) is 0 Å². The van der Waals surface area contributed by atoms with Crippen LogP contribution in [-0.4, -0.2) is 35.7 Å². The van der Waals surface area contributed by atoms with Crippen LogP contribution < -0.4 is 20.5 Å². The fourth-order valence-electron chi connectivity index (χ4n) is 4.36. The first-order valence-corrected chi connectivity index (χ1v) is 12.2. The Morgan fingerprint density at radius 2 is 2.00 bits per heavy atom. The van der Waals surface area contributed by atoms with Gasteiger partial charge in [-0.15, -0.1) is 11.3 Å². The van der Waals surface area contributed by atoms with Crippen molar-refractivity contribution in [3.8, 4) is 11.4 Å². The predicted molar refractivity (Wildman–Crippen MR) is 137 cm³/mol. The summed E-state index contributed by atoms with van der Waals surface area (Å²) in [5, 5.41) is 4.91. The molecule has 0 radical (unpaired) electrons. The molecular weight excluding hydrogens is 448 g/mol. The molecule has 2 aromatic heterocycles. The molecule has 0 saturated carbocycles. The summed E-state index contributed by atoms with van der Waals surface area (Å²) in [7, 11) is 1.60. The van der Waals surface area contributed by atoms with E-state index in [1.807, 2.05) is 60.8 Å². The number of benzene rings is 2. The fourth-order valence-corrected chi connectivity index (χ4v) is 5.12. The smallest absolute Gasteiger partial charge is 0.277 e. The number of rotatable bonds is 5. The Morgan fingerprint density at radius 3 is 2.79 bits per heavy atom. The summed E-state index contributed by atoms with van der Waals surface area (Å²) in [5.74, 6) is 1.01. The van der Waals surface area contributed by atoms with Gasteiger partial charge in [0.2, 0.25) is 11.9 Å². The van der Waals surface area contributed by atoms with Crippen LogP contribution in [0.3, 0.4) is 0 Å². The third kappa shape index (κ3) is 4.28. The van der Waals surface area contributed by atoms with Gasteiger partial charge >= 0.3 is 0 Å². The fraction of sp³-hybridized carbons (Fsp3) is 0.269. The Morgan fingerprint density at radius 1 is 1.18 bits per heavy atom. The number of fused-ring (bicyclic) bond motifs is 1. The van der Waals surface area contributed by atoms with Crippen molar-refractivity contribution in [3.05, 3.63) is 75.9 Å². The van der Waals surface area contributed by atoms with Crippen LogP contribution in [0, 0.1) is 12.8 Å². The molecule has 2 aromatic carbocycles. The van der Waals surface area contributed by atoms with Gasteiger partial charge in [-0.25, -0.2) is 9.55 Å². The normalized spacial score (nSPS) is 15.9. The topological polar surface area (TPSA) is 76.5 Å². The van der Waals surface area contributed by atoms with E-state index in [0.717, 1.165) is 30.6 Å². The van der Waals surface area contributed by atoms with Gasteiger partial charge in [-0.2, -0.15) is 0 Å². The van der Waals surface area contributed by atoms with E-state index >= 15 is 0 Å². The third-order valence-electron chi connectivity index (χ3n) is 6.17. The van der Waals surface area contributed by atoms with Crippen LogP contribution in [0.15, 0.2) is 64.8 Å². The van der Waals surface area contributed by atoms with Crippen molar-refractivity contribution >= 4 is 39.1 Å². The van der Waals surface area contributed by atoms with Crippen LogP contribution in [0.1, 0.15) is 18.4 Å². The number of methoxy groups -OCH3 is 1. The highest BCUT2D eigenvalue weighted by atomic mass is 32.1. The number of carbonyl (C=O) groups excluding carboxylic acids is 1. The number of anilines is 2. The zero-order valence-electron chi connectivity index (χ0n) is 19.2. The lowest BCUT2D eigenvalue weighted by Crippen LogP contribution is -2.43. The van der Waals surface area contributed by atoms with E-state index in [1.54, 1.807) is 17.7 Å². The van der Waals surface area contributed by atoms with Gasteiger partial charge in [0.25, 0.3) is 5.56 Å². The maximum absolute atomic E-state index is 13.5. The zero-order valence-corrected chi connectivity index (χ0v) is 20.0. The average Bonchev–Trinajstić information content (AvgIpc) is 3.34. The van der Waals surface area contributed by atoms with Gasteiger partial charge in [0.1, 0.15) is 10.4 Å². The maximum atomic E-state index is 13.5. The highest BCUT2D eigenvalue weighted by molar-refractivity contribution is 7.17. The Bertz CT molecular complexity index is 1390. The van der Waals surface area contributed by atoms with E-state index in [9.17, 15) is 9.59 Å². The van der Waals surface area contributed by atoms with Gasteiger partial charge < -0.3 is 15.0 Å². The molecule has 1 aliphatic rings. The summed E-state index contributed by atoms with van der Waals surface area (Å²) in [6.07, 6.45) is 1.61. The van der Waals surface area contributed by atoms with Crippen molar-refractivity contribution in [2.45, 2.75) is 19.8 Å². The number of hydrogen-bond acceptors (Lipinski definition) is 6. The van der Waals surface area contributed by atoms with E-state index in [2.05, 4.69) is 10.2 Å². The lowest BCUT2D eigenvalue weighted by atomic mass is 9.97. The molecule has 34 heavy (non-hydrogen) atoms. The number of piperidine rings is 1. The molecule has 5 rings (SSSR count). The number of aromatic nitrogens is 2.